The molecule has 1 saturated heterocycles. The number of rotatable bonds is 3. The lowest BCUT2D eigenvalue weighted by Gasteiger charge is -2.18. The van der Waals surface area contributed by atoms with Crippen LogP contribution in [0.2, 0.25) is 0 Å². The van der Waals surface area contributed by atoms with Crippen LogP contribution in [0.5, 0.6) is 0 Å². The van der Waals surface area contributed by atoms with E-state index in [1.807, 2.05) is 30.3 Å². The molecule has 1 aromatic carbocycles. The first-order valence-electron chi connectivity index (χ1n) is 5.53. The number of thioether (sulfide) groups is 1. The third-order valence-corrected chi connectivity index (χ3v) is 3.68. The Morgan fingerprint density at radius 1 is 1.33 bits per heavy atom. The summed E-state index contributed by atoms with van der Waals surface area (Å²) in [7, 11) is 0. The minimum Gasteiger partial charge on any atom is -0.480 e. The summed E-state index contributed by atoms with van der Waals surface area (Å²) >= 11 is 1.46. The lowest BCUT2D eigenvalue weighted by Crippen LogP contribution is -2.40. The lowest BCUT2D eigenvalue weighted by atomic mass is 10.2. The summed E-state index contributed by atoms with van der Waals surface area (Å²) in [5.41, 5.74) is 0.921. The molecule has 1 N–H and O–H groups in total. The molecule has 0 spiro atoms. The minimum atomic E-state index is -0.943. The zero-order chi connectivity index (χ0) is 13.0. The van der Waals surface area contributed by atoms with Gasteiger partial charge in [-0.15, -0.1) is 11.8 Å². The molecule has 0 aromatic heterocycles. The van der Waals surface area contributed by atoms with Crippen LogP contribution >= 0.6 is 11.8 Å². The molecule has 0 bridgehead atoms. The Morgan fingerprint density at radius 2 is 2.06 bits per heavy atom. The third-order valence-electron chi connectivity index (χ3n) is 2.67. The first-order valence-corrected chi connectivity index (χ1v) is 6.68. The van der Waals surface area contributed by atoms with Crippen molar-refractivity contribution >= 4 is 29.7 Å². The number of nitrogens with zero attached hydrogens (tertiary/aromatic N) is 1. The Morgan fingerprint density at radius 3 is 2.72 bits per heavy atom. The van der Waals surface area contributed by atoms with E-state index in [2.05, 4.69) is 0 Å². The fourth-order valence-electron chi connectivity index (χ4n) is 1.69. The second-order valence-electron chi connectivity index (χ2n) is 3.91. The smallest absolute Gasteiger partial charge is 0.327 e. The maximum absolute atomic E-state index is 11.9. The van der Waals surface area contributed by atoms with E-state index in [0.29, 0.717) is 11.6 Å². The lowest BCUT2D eigenvalue weighted by molar-refractivity contribution is -0.146. The van der Waals surface area contributed by atoms with Crippen LogP contribution in [0.25, 0.3) is 6.08 Å². The summed E-state index contributed by atoms with van der Waals surface area (Å²) in [5, 5.41) is 8.99. The number of carbonyl (C=O) groups is 2. The van der Waals surface area contributed by atoms with Crippen molar-refractivity contribution in [3.05, 3.63) is 42.0 Å². The average molecular weight is 263 g/mol. The highest BCUT2D eigenvalue weighted by molar-refractivity contribution is 7.99. The van der Waals surface area contributed by atoms with Crippen LogP contribution in [-0.4, -0.2) is 39.6 Å². The van der Waals surface area contributed by atoms with Crippen molar-refractivity contribution < 1.29 is 14.7 Å². The van der Waals surface area contributed by atoms with Gasteiger partial charge in [-0.1, -0.05) is 30.3 Å². The largest absolute Gasteiger partial charge is 0.480 e. The topological polar surface area (TPSA) is 57.6 Å². The molecule has 4 nitrogen and oxygen atoms in total. The number of carboxylic acids is 1. The molecule has 0 unspecified atom stereocenters. The summed E-state index contributed by atoms with van der Waals surface area (Å²) in [5.74, 6) is -0.299. The van der Waals surface area contributed by atoms with Gasteiger partial charge in [-0.25, -0.2) is 4.79 Å². The molecule has 1 amide bonds. The number of benzene rings is 1. The summed E-state index contributed by atoms with van der Waals surface area (Å²) in [6, 6.07) is 8.74. The Bertz CT molecular complexity index is 472. The van der Waals surface area contributed by atoms with Crippen molar-refractivity contribution in [1.82, 2.24) is 4.90 Å². The van der Waals surface area contributed by atoms with Gasteiger partial charge in [0, 0.05) is 11.8 Å². The molecule has 1 aromatic rings. The number of carbonyl (C=O) groups excluding carboxylic acids is 1. The van der Waals surface area contributed by atoms with Gasteiger partial charge >= 0.3 is 5.97 Å². The van der Waals surface area contributed by atoms with Gasteiger partial charge in [-0.2, -0.15) is 0 Å². The van der Waals surface area contributed by atoms with E-state index in [-0.39, 0.29) is 5.91 Å². The third kappa shape index (κ3) is 2.92. The first kappa shape index (κ1) is 12.7. The highest BCUT2D eigenvalue weighted by Crippen LogP contribution is 2.21. The monoisotopic (exact) mass is 263 g/mol. The number of carboxylic acid groups (broad SMARTS) is 1. The maximum atomic E-state index is 11.9. The van der Waals surface area contributed by atoms with Crippen LogP contribution in [0.4, 0.5) is 0 Å². The van der Waals surface area contributed by atoms with Gasteiger partial charge < -0.3 is 10.0 Å². The van der Waals surface area contributed by atoms with Crippen molar-refractivity contribution in [1.29, 1.82) is 0 Å². The standard InChI is InChI=1S/C13H13NO3S/c15-12(7-6-10-4-2-1-3-5-10)14-9-18-8-11(14)13(16)17/h1-7,11H,8-9H2,(H,16,17)/t11-/m0/s1. The van der Waals surface area contributed by atoms with Crippen LogP contribution in [0.15, 0.2) is 36.4 Å². The molecule has 1 heterocycles. The molecule has 0 radical (unpaired) electrons. The van der Waals surface area contributed by atoms with Crippen molar-refractivity contribution in [3.8, 4) is 0 Å². The van der Waals surface area contributed by atoms with E-state index in [9.17, 15) is 9.59 Å². The van der Waals surface area contributed by atoms with Crippen molar-refractivity contribution in [2.75, 3.05) is 11.6 Å². The molecular formula is C13H13NO3S. The Hall–Kier alpha value is -1.75. The van der Waals surface area contributed by atoms with E-state index >= 15 is 0 Å². The molecule has 1 aliphatic rings. The molecule has 0 aliphatic carbocycles. The quantitative estimate of drug-likeness (QED) is 0.843. The Kier molecular flexibility index (Phi) is 4.04. The van der Waals surface area contributed by atoms with E-state index < -0.39 is 12.0 Å². The number of amides is 1. The SMILES string of the molecule is O=C(O)[C@@H]1CSCN1C(=O)C=Cc1ccccc1. The van der Waals surface area contributed by atoms with Crippen LogP contribution in [0.1, 0.15) is 5.56 Å². The van der Waals surface area contributed by atoms with E-state index in [1.165, 1.54) is 22.7 Å². The van der Waals surface area contributed by atoms with Gasteiger partial charge in [0.1, 0.15) is 6.04 Å². The normalized spacial score (nSPS) is 19.3. The predicted octanol–water partition coefficient (Wildman–Crippen LogP) is 1.69. The molecule has 0 saturated carbocycles. The second kappa shape index (κ2) is 5.73. The molecule has 5 heteroatoms. The zero-order valence-corrected chi connectivity index (χ0v) is 10.5. The molecule has 2 rings (SSSR count). The molecule has 94 valence electrons. The van der Waals surface area contributed by atoms with Gasteiger partial charge in [0.05, 0.1) is 5.88 Å². The van der Waals surface area contributed by atoms with Gasteiger partial charge in [0.2, 0.25) is 5.91 Å². The minimum absolute atomic E-state index is 0.253. The van der Waals surface area contributed by atoms with Crippen LogP contribution < -0.4 is 0 Å². The van der Waals surface area contributed by atoms with Crippen molar-refractivity contribution in [2.24, 2.45) is 0 Å². The van der Waals surface area contributed by atoms with Gasteiger partial charge in [0.25, 0.3) is 0 Å². The van der Waals surface area contributed by atoms with Crippen molar-refractivity contribution in [3.63, 3.8) is 0 Å². The fraction of sp³-hybridized carbons (Fsp3) is 0.231. The highest BCUT2D eigenvalue weighted by atomic mass is 32.2. The summed E-state index contributed by atoms with van der Waals surface area (Å²) < 4.78 is 0. The molecule has 18 heavy (non-hydrogen) atoms. The van der Waals surface area contributed by atoms with Crippen molar-refractivity contribution in [2.45, 2.75) is 6.04 Å². The zero-order valence-electron chi connectivity index (χ0n) is 9.65. The predicted molar refractivity (Wildman–Crippen MR) is 71.1 cm³/mol. The van der Waals surface area contributed by atoms with E-state index in [0.717, 1.165) is 5.56 Å². The number of hydrogen-bond acceptors (Lipinski definition) is 3. The average Bonchev–Trinajstić information content (AvgIpc) is 2.86. The Balaban J connectivity index is 2.04. The first-order chi connectivity index (χ1) is 8.68. The second-order valence-corrected chi connectivity index (χ2v) is 4.91. The van der Waals surface area contributed by atoms with E-state index in [4.69, 9.17) is 5.11 Å². The van der Waals surface area contributed by atoms with Gasteiger partial charge in [0.15, 0.2) is 0 Å². The van der Waals surface area contributed by atoms with Gasteiger partial charge in [-0.3, -0.25) is 4.79 Å². The molecule has 1 aliphatic heterocycles. The molecule has 1 fully saturated rings. The summed E-state index contributed by atoms with van der Waals surface area (Å²) in [6.07, 6.45) is 3.13. The highest BCUT2D eigenvalue weighted by Gasteiger charge is 2.33. The summed E-state index contributed by atoms with van der Waals surface area (Å²) in [6.45, 7) is 0. The molecular weight excluding hydrogens is 250 g/mol. The van der Waals surface area contributed by atoms with Gasteiger partial charge in [-0.05, 0) is 11.6 Å². The van der Waals surface area contributed by atoms with E-state index in [1.54, 1.807) is 6.08 Å². The Labute approximate surface area is 109 Å². The number of hydrogen-bond donors (Lipinski definition) is 1. The van der Waals surface area contributed by atoms with Crippen LogP contribution in [0, 0.1) is 0 Å². The maximum Gasteiger partial charge on any atom is 0.327 e. The fourth-order valence-corrected chi connectivity index (χ4v) is 2.85. The van der Waals surface area contributed by atoms with Crippen LogP contribution in [-0.2, 0) is 9.59 Å². The summed E-state index contributed by atoms with van der Waals surface area (Å²) in [4.78, 5) is 24.2. The molecule has 1 atom stereocenters. The van der Waals surface area contributed by atoms with Crippen LogP contribution in [0.3, 0.4) is 0 Å². The number of aliphatic carboxylic acids is 1.